The molecule has 19 heavy (non-hydrogen) atoms. The Hall–Kier alpha value is -1.06. The Kier molecular flexibility index (Phi) is 5.39. The summed E-state index contributed by atoms with van der Waals surface area (Å²) in [6.45, 7) is 11.2. The van der Waals surface area contributed by atoms with Gasteiger partial charge in [-0.05, 0) is 18.8 Å². The minimum absolute atomic E-state index is 0.00197. The van der Waals surface area contributed by atoms with E-state index >= 15 is 0 Å². The average Bonchev–Trinajstić information content (AvgIpc) is 3.07. The van der Waals surface area contributed by atoms with Crippen LogP contribution in [0.15, 0.2) is 0 Å². The molecule has 1 fully saturated rings. The second-order valence-electron chi connectivity index (χ2n) is 6.93. The van der Waals surface area contributed by atoms with Crippen LogP contribution < -0.4 is 5.32 Å². The first-order chi connectivity index (χ1) is 8.71. The lowest BCUT2D eigenvalue weighted by molar-refractivity contribution is -0.132. The summed E-state index contributed by atoms with van der Waals surface area (Å²) in [7, 11) is 0. The van der Waals surface area contributed by atoms with E-state index in [0.717, 1.165) is 19.4 Å². The minimum Gasteiger partial charge on any atom is -0.355 e. The van der Waals surface area contributed by atoms with Gasteiger partial charge in [0, 0.05) is 31.0 Å². The van der Waals surface area contributed by atoms with Crippen LogP contribution in [0.5, 0.6) is 0 Å². The Bertz CT molecular complexity index is 328. The van der Waals surface area contributed by atoms with E-state index in [2.05, 4.69) is 19.2 Å². The molecule has 1 N–H and O–H groups in total. The largest absolute Gasteiger partial charge is 0.355 e. The maximum Gasteiger partial charge on any atom is 0.225 e. The summed E-state index contributed by atoms with van der Waals surface area (Å²) in [5, 5.41) is 2.83. The quantitative estimate of drug-likeness (QED) is 0.802. The van der Waals surface area contributed by atoms with Crippen LogP contribution in [0.25, 0.3) is 0 Å². The van der Waals surface area contributed by atoms with Crippen LogP contribution in [0.2, 0.25) is 0 Å². The lowest BCUT2D eigenvalue weighted by Gasteiger charge is -2.25. The van der Waals surface area contributed by atoms with Crippen LogP contribution >= 0.6 is 0 Å². The van der Waals surface area contributed by atoms with Crippen LogP contribution in [0.4, 0.5) is 0 Å². The van der Waals surface area contributed by atoms with Crippen LogP contribution in [0.1, 0.15) is 53.9 Å². The van der Waals surface area contributed by atoms with Gasteiger partial charge in [-0.1, -0.05) is 34.6 Å². The topological polar surface area (TPSA) is 49.4 Å². The summed E-state index contributed by atoms with van der Waals surface area (Å²) in [6.07, 6.45) is 2.67. The number of hydrogen-bond acceptors (Lipinski definition) is 2. The maximum atomic E-state index is 12.2. The van der Waals surface area contributed by atoms with E-state index in [0.29, 0.717) is 24.9 Å². The first-order valence-corrected chi connectivity index (χ1v) is 7.29. The Balaban J connectivity index is 2.35. The standard InChI is InChI=1S/C15H28N2O2/c1-11(2)10-17(12-6-7-12)13(18)8-9-16-14(19)15(3,4)5/h11-12H,6-10H2,1-5H3,(H,16,19). The summed E-state index contributed by atoms with van der Waals surface area (Å²) in [6, 6.07) is 0.452. The van der Waals surface area contributed by atoms with Gasteiger partial charge in [-0.15, -0.1) is 0 Å². The van der Waals surface area contributed by atoms with Crippen molar-refractivity contribution in [1.29, 1.82) is 0 Å². The molecule has 0 saturated heterocycles. The minimum atomic E-state index is -0.392. The SMILES string of the molecule is CC(C)CN(C(=O)CCNC(=O)C(C)(C)C)C1CC1. The molecule has 110 valence electrons. The zero-order valence-corrected chi connectivity index (χ0v) is 13.0. The van der Waals surface area contributed by atoms with E-state index in [9.17, 15) is 9.59 Å². The number of amides is 2. The van der Waals surface area contributed by atoms with E-state index in [1.54, 1.807) is 0 Å². The lowest BCUT2D eigenvalue weighted by Crippen LogP contribution is -2.40. The number of carbonyl (C=O) groups excluding carboxylic acids is 2. The number of rotatable bonds is 6. The van der Waals surface area contributed by atoms with Gasteiger partial charge in [0.2, 0.25) is 11.8 Å². The molecule has 0 aromatic rings. The molecule has 1 aliphatic carbocycles. The molecule has 4 heteroatoms. The lowest BCUT2D eigenvalue weighted by atomic mass is 9.96. The Morgan fingerprint density at radius 3 is 2.26 bits per heavy atom. The molecule has 0 aromatic heterocycles. The van der Waals surface area contributed by atoms with Crippen molar-refractivity contribution in [3.05, 3.63) is 0 Å². The maximum absolute atomic E-state index is 12.2. The van der Waals surface area contributed by atoms with E-state index < -0.39 is 5.41 Å². The highest BCUT2D eigenvalue weighted by molar-refractivity contribution is 5.82. The third-order valence-corrected chi connectivity index (χ3v) is 3.18. The molecule has 0 heterocycles. The van der Waals surface area contributed by atoms with Crippen LogP contribution in [0, 0.1) is 11.3 Å². The second-order valence-corrected chi connectivity index (χ2v) is 6.93. The summed E-state index contributed by atoms with van der Waals surface area (Å²) in [4.78, 5) is 25.9. The fraction of sp³-hybridized carbons (Fsp3) is 0.867. The highest BCUT2D eigenvalue weighted by atomic mass is 16.2. The molecule has 0 atom stereocenters. The zero-order valence-electron chi connectivity index (χ0n) is 13.0. The van der Waals surface area contributed by atoms with Gasteiger partial charge in [-0.3, -0.25) is 9.59 Å². The van der Waals surface area contributed by atoms with Crippen molar-refractivity contribution < 1.29 is 9.59 Å². The van der Waals surface area contributed by atoms with Gasteiger partial charge in [-0.2, -0.15) is 0 Å². The normalized spacial score (nSPS) is 15.5. The van der Waals surface area contributed by atoms with Crippen molar-refractivity contribution in [2.24, 2.45) is 11.3 Å². The number of carbonyl (C=O) groups is 2. The molecule has 0 aromatic carbocycles. The van der Waals surface area contributed by atoms with Crippen LogP contribution in [-0.4, -0.2) is 35.8 Å². The molecular formula is C15H28N2O2. The molecule has 0 aliphatic heterocycles. The third-order valence-electron chi connectivity index (χ3n) is 3.18. The molecule has 0 spiro atoms. The summed E-state index contributed by atoms with van der Waals surface area (Å²) < 4.78 is 0. The molecular weight excluding hydrogens is 240 g/mol. The summed E-state index contributed by atoms with van der Waals surface area (Å²) >= 11 is 0. The Morgan fingerprint density at radius 2 is 1.84 bits per heavy atom. The van der Waals surface area contributed by atoms with Crippen LogP contribution in [-0.2, 0) is 9.59 Å². The summed E-state index contributed by atoms with van der Waals surface area (Å²) in [5.74, 6) is 0.668. The van der Waals surface area contributed by atoms with Crippen LogP contribution in [0.3, 0.4) is 0 Å². The Morgan fingerprint density at radius 1 is 1.26 bits per heavy atom. The first-order valence-electron chi connectivity index (χ1n) is 7.29. The molecule has 0 unspecified atom stereocenters. The van der Waals surface area contributed by atoms with Gasteiger partial charge in [0.15, 0.2) is 0 Å². The van der Waals surface area contributed by atoms with E-state index in [1.165, 1.54) is 0 Å². The van der Waals surface area contributed by atoms with E-state index in [4.69, 9.17) is 0 Å². The van der Waals surface area contributed by atoms with E-state index in [1.807, 2.05) is 25.7 Å². The predicted octanol–water partition coefficient (Wildman–Crippen LogP) is 2.19. The highest BCUT2D eigenvalue weighted by Crippen LogP contribution is 2.28. The van der Waals surface area contributed by atoms with Crippen molar-refractivity contribution >= 4 is 11.8 Å². The van der Waals surface area contributed by atoms with Gasteiger partial charge in [0.1, 0.15) is 0 Å². The molecule has 0 bridgehead atoms. The van der Waals surface area contributed by atoms with Gasteiger partial charge >= 0.3 is 0 Å². The monoisotopic (exact) mass is 268 g/mol. The highest BCUT2D eigenvalue weighted by Gasteiger charge is 2.32. The van der Waals surface area contributed by atoms with Crippen molar-refractivity contribution in [3.8, 4) is 0 Å². The predicted molar refractivity (Wildman–Crippen MR) is 76.7 cm³/mol. The molecule has 4 nitrogen and oxygen atoms in total. The molecule has 1 saturated carbocycles. The third kappa shape index (κ3) is 5.62. The van der Waals surface area contributed by atoms with Gasteiger partial charge in [-0.25, -0.2) is 0 Å². The number of nitrogens with zero attached hydrogens (tertiary/aromatic N) is 1. The van der Waals surface area contributed by atoms with Crippen molar-refractivity contribution in [1.82, 2.24) is 10.2 Å². The molecule has 2 amide bonds. The van der Waals surface area contributed by atoms with Gasteiger partial charge < -0.3 is 10.2 Å². The Labute approximate surface area is 116 Å². The van der Waals surface area contributed by atoms with Crippen molar-refractivity contribution in [2.45, 2.75) is 59.9 Å². The summed E-state index contributed by atoms with van der Waals surface area (Å²) in [5.41, 5.74) is -0.392. The molecule has 0 radical (unpaired) electrons. The van der Waals surface area contributed by atoms with E-state index in [-0.39, 0.29) is 11.8 Å². The van der Waals surface area contributed by atoms with Crippen molar-refractivity contribution in [2.75, 3.05) is 13.1 Å². The average molecular weight is 268 g/mol. The van der Waals surface area contributed by atoms with Crippen molar-refractivity contribution in [3.63, 3.8) is 0 Å². The number of nitrogens with one attached hydrogen (secondary N) is 1. The smallest absolute Gasteiger partial charge is 0.225 e. The molecule has 1 aliphatic rings. The number of hydrogen-bond donors (Lipinski definition) is 1. The first kappa shape index (κ1) is 16.0. The second kappa shape index (κ2) is 6.40. The fourth-order valence-electron chi connectivity index (χ4n) is 1.93. The molecule has 1 rings (SSSR count). The zero-order chi connectivity index (χ0) is 14.6. The fourth-order valence-corrected chi connectivity index (χ4v) is 1.93. The van der Waals surface area contributed by atoms with Gasteiger partial charge in [0.05, 0.1) is 0 Å². The van der Waals surface area contributed by atoms with Gasteiger partial charge in [0.25, 0.3) is 0 Å².